The summed E-state index contributed by atoms with van der Waals surface area (Å²) in [7, 11) is 5.55. The molecule has 0 heterocycles. The molecule has 0 aliphatic carbocycles. The number of nitrogens with zero attached hydrogens (tertiary/aromatic N) is 1. The molecule has 0 amide bonds. The maximum Gasteiger partial charge on any atom is 0.330 e. The Morgan fingerprint density at radius 1 is 1.27 bits per heavy atom. The summed E-state index contributed by atoms with van der Waals surface area (Å²) in [6, 6.07) is 8.25. The Kier molecular flexibility index (Phi) is 6.88. The minimum absolute atomic E-state index is 0.165. The molecule has 4 heteroatoms. The van der Waals surface area contributed by atoms with Crippen LogP contribution in [0, 0.1) is 5.92 Å². The first-order valence-corrected chi connectivity index (χ1v) is 7.74. The fourth-order valence-corrected chi connectivity index (χ4v) is 1.64. The third kappa shape index (κ3) is 5.34. The van der Waals surface area contributed by atoms with Crippen molar-refractivity contribution < 1.29 is 4.65 Å². The highest BCUT2D eigenvalue weighted by atomic mass is 16.5. The van der Waals surface area contributed by atoms with E-state index in [0.29, 0.717) is 5.92 Å². The fourth-order valence-electron chi connectivity index (χ4n) is 1.64. The van der Waals surface area contributed by atoms with Gasteiger partial charge in [-0.2, -0.15) is 0 Å². The van der Waals surface area contributed by atoms with Crippen LogP contribution < -0.4 is 10.8 Å². The third-order valence-corrected chi connectivity index (χ3v) is 4.08. The predicted molar refractivity (Wildman–Crippen MR) is 97.1 cm³/mol. The summed E-state index contributed by atoms with van der Waals surface area (Å²) in [6.07, 6.45) is 2.04. The van der Waals surface area contributed by atoms with E-state index in [1.807, 2.05) is 34.6 Å². The molecule has 0 aliphatic rings. The average Bonchev–Trinajstić information content (AvgIpc) is 2.50. The lowest BCUT2D eigenvalue weighted by Crippen LogP contribution is -2.36. The standard InChI is InChI=1S/C18H28BN2O/c1-13(2)18(4,5)22-19-16-10-8-15(9-11-16)17(21-7)12-14(3)20-6/h8-13,20H,1-7H3/b14-12-,21-17?. The van der Waals surface area contributed by atoms with Gasteiger partial charge in [-0.15, -0.1) is 0 Å². The van der Waals surface area contributed by atoms with Crippen LogP contribution in [0.4, 0.5) is 0 Å². The SMILES string of the molecule is CN=C(/C=C(/C)NC)c1ccc([B]OC(C)(C)C(C)C)cc1. The second-order valence-electron chi connectivity index (χ2n) is 6.30. The molecule has 0 bridgehead atoms. The molecule has 0 aliphatic heterocycles. The van der Waals surface area contributed by atoms with Crippen molar-refractivity contribution in [2.45, 2.75) is 40.2 Å². The summed E-state index contributed by atoms with van der Waals surface area (Å²) in [4.78, 5) is 4.34. The number of nitrogens with one attached hydrogen (secondary N) is 1. The van der Waals surface area contributed by atoms with Crippen LogP contribution in [0.3, 0.4) is 0 Å². The van der Waals surface area contributed by atoms with E-state index in [4.69, 9.17) is 4.65 Å². The average molecular weight is 299 g/mol. The van der Waals surface area contributed by atoms with Gasteiger partial charge in [0.05, 0.1) is 5.71 Å². The Hall–Kier alpha value is -1.55. The molecule has 0 fully saturated rings. The first-order valence-electron chi connectivity index (χ1n) is 7.74. The van der Waals surface area contributed by atoms with Crippen LogP contribution in [-0.4, -0.2) is 32.9 Å². The van der Waals surface area contributed by atoms with Crippen LogP contribution in [0.15, 0.2) is 41.0 Å². The molecule has 0 saturated carbocycles. The number of allylic oxidation sites excluding steroid dienone is 2. The molecule has 3 nitrogen and oxygen atoms in total. The van der Waals surface area contributed by atoms with Gasteiger partial charge in [0.2, 0.25) is 0 Å². The molecule has 119 valence electrons. The molecule has 0 spiro atoms. The van der Waals surface area contributed by atoms with Crippen molar-refractivity contribution in [3.05, 3.63) is 41.6 Å². The highest BCUT2D eigenvalue weighted by molar-refractivity contribution is 6.47. The minimum atomic E-state index is -0.165. The van der Waals surface area contributed by atoms with E-state index < -0.39 is 0 Å². The third-order valence-electron chi connectivity index (χ3n) is 4.08. The van der Waals surface area contributed by atoms with Crippen LogP contribution in [0.1, 0.15) is 40.2 Å². The second-order valence-corrected chi connectivity index (χ2v) is 6.30. The Morgan fingerprint density at radius 2 is 1.86 bits per heavy atom. The molecule has 1 N–H and O–H groups in total. The van der Waals surface area contributed by atoms with Gasteiger partial charge in [-0.05, 0) is 38.3 Å². The van der Waals surface area contributed by atoms with E-state index in [9.17, 15) is 0 Å². The van der Waals surface area contributed by atoms with Gasteiger partial charge < -0.3 is 9.97 Å². The molecule has 0 aromatic heterocycles. The maximum atomic E-state index is 5.91. The summed E-state index contributed by atoms with van der Waals surface area (Å²) in [6.45, 7) is 10.6. The first-order chi connectivity index (χ1) is 10.3. The summed E-state index contributed by atoms with van der Waals surface area (Å²) in [5, 5.41) is 3.11. The largest absolute Gasteiger partial charge is 0.429 e. The molecule has 0 atom stereocenters. The molecule has 1 aromatic carbocycles. The lowest BCUT2D eigenvalue weighted by Gasteiger charge is -2.30. The van der Waals surface area contributed by atoms with Crippen molar-refractivity contribution in [3.8, 4) is 0 Å². The van der Waals surface area contributed by atoms with Crippen molar-refractivity contribution in [2.75, 3.05) is 14.1 Å². The minimum Gasteiger partial charge on any atom is -0.429 e. The Bertz CT molecular complexity index is 531. The Balaban J connectivity index is 2.79. The normalized spacial score (nSPS) is 13.5. The molecular weight excluding hydrogens is 271 g/mol. The van der Waals surface area contributed by atoms with Gasteiger partial charge in [0.1, 0.15) is 0 Å². The van der Waals surface area contributed by atoms with Crippen LogP contribution in [0.2, 0.25) is 0 Å². The topological polar surface area (TPSA) is 33.6 Å². The molecule has 1 radical (unpaired) electrons. The lowest BCUT2D eigenvalue weighted by molar-refractivity contribution is 0.0668. The van der Waals surface area contributed by atoms with Gasteiger partial charge in [-0.25, -0.2) is 0 Å². The fraction of sp³-hybridized carbons (Fsp3) is 0.500. The van der Waals surface area contributed by atoms with E-state index >= 15 is 0 Å². The highest BCUT2D eigenvalue weighted by Crippen LogP contribution is 2.19. The maximum absolute atomic E-state index is 5.91. The van der Waals surface area contributed by atoms with E-state index in [1.165, 1.54) is 0 Å². The van der Waals surface area contributed by atoms with Gasteiger partial charge in [0.15, 0.2) is 0 Å². The summed E-state index contributed by atoms with van der Waals surface area (Å²) in [5.74, 6) is 0.455. The molecule has 1 aromatic rings. The summed E-state index contributed by atoms with van der Waals surface area (Å²) < 4.78 is 5.91. The highest BCUT2D eigenvalue weighted by Gasteiger charge is 2.22. The van der Waals surface area contributed by atoms with Crippen molar-refractivity contribution in [1.29, 1.82) is 0 Å². The van der Waals surface area contributed by atoms with Crippen molar-refractivity contribution in [2.24, 2.45) is 10.9 Å². The zero-order valence-electron chi connectivity index (χ0n) is 14.9. The molecule has 22 heavy (non-hydrogen) atoms. The van der Waals surface area contributed by atoms with Crippen molar-refractivity contribution in [3.63, 3.8) is 0 Å². The molecule has 0 unspecified atom stereocenters. The number of benzene rings is 1. The second kappa shape index (κ2) is 8.18. The number of aliphatic imine (C=N–C) groups is 1. The van der Waals surface area contributed by atoms with Crippen LogP contribution in [-0.2, 0) is 4.65 Å². The predicted octanol–water partition coefficient (Wildman–Crippen LogP) is 2.92. The van der Waals surface area contributed by atoms with E-state index in [2.05, 4.69) is 62.3 Å². The van der Waals surface area contributed by atoms with E-state index in [1.54, 1.807) is 0 Å². The number of rotatable bonds is 7. The van der Waals surface area contributed by atoms with Crippen LogP contribution in [0.5, 0.6) is 0 Å². The zero-order chi connectivity index (χ0) is 16.8. The van der Waals surface area contributed by atoms with Crippen molar-refractivity contribution in [1.82, 2.24) is 5.32 Å². The van der Waals surface area contributed by atoms with Crippen LogP contribution in [0.25, 0.3) is 0 Å². The van der Waals surface area contributed by atoms with Crippen LogP contribution >= 0.6 is 0 Å². The van der Waals surface area contributed by atoms with E-state index in [0.717, 1.165) is 22.4 Å². The lowest BCUT2D eigenvalue weighted by atomic mass is 9.84. The summed E-state index contributed by atoms with van der Waals surface area (Å²) in [5.41, 5.74) is 4.03. The van der Waals surface area contributed by atoms with Gasteiger partial charge in [-0.1, -0.05) is 43.6 Å². The van der Waals surface area contributed by atoms with E-state index in [-0.39, 0.29) is 5.60 Å². The Labute approximate surface area is 136 Å². The molecule has 1 rings (SSSR count). The smallest absolute Gasteiger partial charge is 0.330 e. The molecule has 0 saturated heterocycles. The molecular formula is C18H28BN2O. The number of hydrogen-bond donors (Lipinski definition) is 1. The van der Waals surface area contributed by atoms with Gasteiger partial charge in [0, 0.05) is 25.4 Å². The summed E-state index contributed by atoms with van der Waals surface area (Å²) >= 11 is 0. The van der Waals surface area contributed by atoms with Gasteiger partial charge >= 0.3 is 7.48 Å². The monoisotopic (exact) mass is 299 g/mol. The van der Waals surface area contributed by atoms with Gasteiger partial charge in [-0.3, -0.25) is 4.99 Å². The van der Waals surface area contributed by atoms with Gasteiger partial charge in [0.25, 0.3) is 0 Å². The zero-order valence-corrected chi connectivity index (χ0v) is 14.9. The Morgan fingerprint density at radius 3 is 2.32 bits per heavy atom. The van der Waals surface area contributed by atoms with Crippen molar-refractivity contribution >= 4 is 18.7 Å². The quantitative estimate of drug-likeness (QED) is 0.620. The number of hydrogen-bond acceptors (Lipinski definition) is 3. The first kappa shape index (κ1) is 18.5.